The standard InChI is InChI=1S/C3H7NO2/c1-3(2-4)6-5/h5H,1-2,4H2. The van der Waals surface area contributed by atoms with Crippen molar-refractivity contribution in [1.82, 2.24) is 0 Å². The predicted molar refractivity (Wildman–Crippen MR) is 21.9 cm³/mol. The summed E-state index contributed by atoms with van der Waals surface area (Å²) in [5.74, 6) is 0.176. The molecule has 0 saturated carbocycles. The van der Waals surface area contributed by atoms with Crippen LogP contribution in [0.4, 0.5) is 0 Å². The fourth-order valence-corrected chi connectivity index (χ4v) is 0.0373. The van der Waals surface area contributed by atoms with E-state index in [9.17, 15) is 0 Å². The van der Waals surface area contributed by atoms with E-state index in [0.29, 0.717) is 0 Å². The molecule has 0 atom stereocenters. The quantitative estimate of drug-likeness (QED) is 0.283. The van der Waals surface area contributed by atoms with Crippen molar-refractivity contribution >= 4 is 0 Å². The van der Waals surface area contributed by atoms with E-state index < -0.39 is 0 Å². The van der Waals surface area contributed by atoms with E-state index in [2.05, 4.69) is 11.5 Å². The fraction of sp³-hybridized carbons (Fsp3) is 0.333. The van der Waals surface area contributed by atoms with Gasteiger partial charge >= 0.3 is 0 Å². The summed E-state index contributed by atoms with van der Waals surface area (Å²) in [5.41, 5.74) is 4.90. The van der Waals surface area contributed by atoms with E-state index in [0.717, 1.165) is 0 Å². The zero-order valence-corrected chi connectivity index (χ0v) is 3.35. The Balaban J connectivity index is 2.99. The molecule has 3 heteroatoms. The first kappa shape index (κ1) is 5.46. The molecule has 0 bridgehead atoms. The minimum absolute atomic E-state index is 0.163. The molecule has 3 nitrogen and oxygen atoms in total. The van der Waals surface area contributed by atoms with Crippen LogP contribution in [0.25, 0.3) is 0 Å². The van der Waals surface area contributed by atoms with E-state index in [1.165, 1.54) is 0 Å². The number of hydrogen-bond donors (Lipinski definition) is 2. The Labute approximate surface area is 36.0 Å². The van der Waals surface area contributed by atoms with Crippen molar-refractivity contribution in [2.24, 2.45) is 5.73 Å². The van der Waals surface area contributed by atoms with Crippen molar-refractivity contribution in [3.63, 3.8) is 0 Å². The summed E-state index contributed by atoms with van der Waals surface area (Å²) in [6.07, 6.45) is 0. The molecular formula is C3H7NO2. The molecule has 0 amide bonds. The first-order valence-electron chi connectivity index (χ1n) is 1.50. The summed E-state index contributed by atoms with van der Waals surface area (Å²) in [7, 11) is 0. The zero-order chi connectivity index (χ0) is 4.99. The van der Waals surface area contributed by atoms with Gasteiger partial charge in [0.1, 0.15) is 5.76 Å². The fourth-order valence-electron chi connectivity index (χ4n) is 0.0373. The van der Waals surface area contributed by atoms with E-state index >= 15 is 0 Å². The third-order valence-electron chi connectivity index (χ3n) is 0.357. The van der Waals surface area contributed by atoms with Gasteiger partial charge in [-0.15, -0.1) is 0 Å². The zero-order valence-electron chi connectivity index (χ0n) is 3.35. The lowest BCUT2D eigenvalue weighted by atomic mass is 10.6. The van der Waals surface area contributed by atoms with Crippen LogP contribution in [0.2, 0.25) is 0 Å². The van der Waals surface area contributed by atoms with Crippen LogP contribution < -0.4 is 5.73 Å². The molecule has 0 aromatic carbocycles. The first-order chi connectivity index (χ1) is 2.81. The molecule has 0 heterocycles. The van der Waals surface area contributed by atoms with E-state index in [-0.39, 0.29) is 12.3 Å². The second kappa shape index (κ2) is 2.68. The molecule has 0 saturated heterocycles. The minimum Gasteiger partial charge on any atom is -0.344 e. The molecule has 0 rings (SSSR count). The number of hydrogen-bond acceptors (Lipinski definition) is 3. The SMILES string of the molecule is C=C(CN)OO. The van der Waals surface area contributed by atoms with Crippen LogP contribution in [0.1, 0.15) is 0 Å². The van der Waals surface area contributed by atoms with Gasteiger partial charge in [0.15, 0.2) is 0 Å². The van der Waals surface area contributed by atoms with Gasteiger partial charge < -0.3 is 10.6 Å². The molecule has 0 aromatic rings. The van der Waals surface area contributed by atoms with Gasteiger partial charge in [-0.1, -0.05) is 6.58 Å². The highest BCUT2D eigenvalue weighted by Gasteiger charge is 1.81. The molecule has 36 valence electrons. The van der Waals surface area contributed by atoms with Crippen molar-refractivity contribution in [2.75, 3.05) is 6.54 Å². The highest BCUT2D eigenvalue weighted by molar-refractivity contribution is 4.80. The van der Waals surface area contributed by atoms with Gasteiger partial charge in [0.25, 0.3) is 0 Å². The maximum absolute atomic E-state index is 7.66. The normalized spacial score (nSPS) is 7.67. The molecule has 0 aliphatic rings. The third-order valence-corrected chi connectivity index (χ3v) is 0.357. The largest absolute Gasteiger partial charge is 0.344 e. The summed E-state index contributed by atoms with van der Waals surface area (Å²) in [5, 5.41) is 7.66. The highest BCUT2D eigenvalue weighted by atomic mass is 17.1. The lowest BCUT2D eigenvalue weighted by molar-refractivity contribution is -0.202. The number of rotatable bonds is 2. The Kier molecular flexibility index (Phi) is 2.44. The predicted octanol–water partition coefficient (Wildman–Crippen LogP) is -0.0516. The lowest BCUT2D eigenvalue weighted by Gasteiger charge is -1.90. The van der Waals surface area contributed by atoms with Gasteiger partial charge in [0, 0.05) is 0 Å². The summed E-state index contributed by atoms with van der Waals surface area (Å²) >= 11 is 0. The van der Waals surface area contributed by atoms with Crippen LogP contribution in [0.5, 0.6) is 0 Å². The molecule has 0 fully saturated rings. The maximum atomic E-state index is 7.66. The Morgan fingerprint density at radius 1 is 2.00 bits per heavy atom. The minimum atomic E-state index is 0.163. The molecule has 0 aromatic heterocycles. The van der Waals surface area contributed by atoms with Crippen LogP contribution >= 0.6 is 0 Å². The number of nitrogens with two attached hydrogens (primary N) is 1. The Morgan fingerprint density at radius 3 is 2.50 bits per heavy atom. The topological polar surface area (TPSA) is 55.5 Å². The van der Waals surface area contributed by atoms with Crippen molar-refractivity contribution in [1.29, 1.82) is 0 Å². The molecule has 0 aliphatic heterocycles. The van der Waals surface area contributed by atoms with Gasteiger partial charge in [0.05, 0.1) is 6.54 Å². The second-order valence-corrected chi connectivity index (χ2v) is 0.834. The van der Waals surface area contributed by atoms with Crippen LogP contribution in [0, 0.1) is 0 Å². The molecular weight excluding hydrogens is 82.0 g/mol. The van der Waals surface area contributed by atoms with E-state index in [1.807, 2.05) is 0 Å². The Hall–Kier alpha value is -0.540. The van der Waals surface area contributed by atoms with Crippen LogP contribution in [0.3, 0.4) is 0 Å². The van der Waals surface area contributed by atoms with Crippen LogP contribution in [0.15, 0.2) is 12.3 Å². The van der Waals surface area contributed by atoms with E-state index in [1.54, 1.807) is 0 Å². The summed E-state index contributed by atoms with van der Waals surface area (Å²) in [6, 6.07) is 0. The van der Waals surface area contributed by atoms with Crippen molar-refractivity contribution in [2.45, 2.75) is 0 Å². The summed E-state index contributed by atoms with van der Waals surface area (Å²) in [4.78, 5) is 3.58. The summed E-state index contributed by atoms with van der Waals surface area (Å²) in [6.45, 7) is 3.36. The molecule has 3 N–H and O–H groups in total. The van der Waals surface area contributed by atoms with Gasteiger partial charge in [0.2, 0.25) is 0 Å². The first-order valence-corrected chi connectivity index (χ1v) is 1.50. The van der Waals surface area contributed by atoms with E-state index in [4.69, 9.17) is 11.0 Å². The van der Waals surface area contributed by atoms with Gasteiger partial charge in [-0.05, 0) is 0 Å². The monoisotopic (exact) mass is 89.0 g/mol. The van der Waals surface area contributed by atoms with Gasteiger partial charge in [-0.3, -0.25) is 0 Å². The highest BCUT2D eigenvalue weighted by Crippen LogP contribution is 1.80. The molecule has 0 aliphatic carbocycles. The second-order valence-electron chi connectivity index (χ2n) is 0.834. The Bertz CT molecular complexity index is 46.8. The third kappa shape index (κ3) is 1.75. The van der Waals surface area contributed by atoms with Crippen molar-refractivity contribution in [3.8, 4) is 0 Å². The maximum Gasteiger partial charge on any atom is 0.148 e. The molecule has 0 radical (unpaired) electrons. The smallest absolute Gasteiger partial charge is 0.148 e. The van der Waals surface area contributed by atoms with Gasteiger partial charge in [-0.25, -0.2) is 5.26 Å². The van der Waals surface area contributed by atoms with Crippen LogP contribution in [-0.4, -0.2) is 11.8 Å². The average Bonchev–Trinajstić information content (AvgIpc) is 1.65. The summed E-state index contributed by atoms with van der Waals surface area (Å²) < 4.78 is 0. The Morgan fingerprint density at radius 2 is 2.50 bits per heavy atom. The van der Waals surface area contributed by atoms with Crippen LogP contribution in [-0.2, 0) is 4.89 Å². The van der Waals surface area contributed by atoms with Crippen molar-refractivity contribution < 1.29 is 10.1 Å². The van der Waals surface area contributed by atoms with Gasteiger partial charge in [-0.2, -0.15) is 0 Å². The molecule has 0 unspecified atom stereocenters. The average molecular weight is 89.1 g/mol. The molecule has 0 spiro atoms. The lowest BCUT2D eigenvalue weighted by Crippen LogP contribution is -2.02. The molecule has 6 heavy (non-hydrogen) atoms. The van der Waals surface area contributed by atoms with Crippen molar-refractivity contribution in [3.05, 3.63) is 12.3 Å².